The first-order valence-corrected chi connectivity index (χ1v) is 21.3. The predicted octanol–water partition coefficient (Wildman–Crippen LogP) is 12.5. The van der Waals surface area contributed by atoms with Crippen LogP contribution in [0.5, 0.6) is 0 Å². The first-order chi connectivity index (χ1) is 28.1. The Morgan fingerprint density at radius 2 is 1.02 bits per heavy atom. The maximum atomic E-state index is 15.8. The van der Waals surface area contributed by atoms with E-state index in [1.54, 1.807) is 0 Å². The summed E-state index contributed by atoms with van der Waals surface area (Å²) in [6, 6.07) is 68.7. The number of rotatable bonds is 6. The summed E-state index contributed by atoms with van der Waals surface area (Å²) in [5.41, 5.74) is 12.1. The molecule has 1 aromatic heterocycles. The molecule has 0 radical (unpaired) electrons. The average Bonchev–Trinajstić information content (AvgIpc) is 3.67. The third kappa shape index (κ3) is 5.13. The Kier molecular flexibility index (Phi) is 7.74. The van der Waals surface area contributed by atoms with Crippen molar-refractivity contribution in [2.75, 3.05) is 0 Å². The Morgan fingerprint density at radius 3 is 1.75 bits per heavy atom. The van der Waals surface area contributed by atoms with E-state index in [1.807, 2.05) is 48.5 Å². The molecule has 4 heteroatoms. The molecule has 0 fully saturated rings. The van der Waals surface area contributed by atoms with Crippen molar-refractivity contribution in [1.82, 2.24) is 9.55 Å². The van der Waals surface area contributed by atoms with E-state index in [-0.39, 0.29) is 0 Å². The molecular formula is C53H37N2OP. The maximum absolute atomic E-state index is 15.8. The van der Waals surface area contributed by atoms with Gasteiger partial charge >= 0.3 is 0 Å². The zero-order valence-corrected chi connectivity index (χ0v) is 32.3. The molecule has 1 aliphatic rings. The zero-order chi connectivity index (χ0) is 38.1. The molecule has 3 nitrogen and oxygen atoms in total. The Morgan fingerprint density at radius 1 is 0.456 bits per heavy atom. The summed E-state index contributed by atoms with van der Waals surface area (Å²) in [4.78, 5) is 5.09. The van der Waals surface area contributed by atoms with Crippen LogP contribution in [0.3, 0.4) is 0 Å². The normalized spacial score (nSPS) is 14.6. The number of fused-ring (bicyclic) bond motifs is 4. The highest BCUT2D eigenvalue weighted by molar-refractivity contribution is 7.86. The lowest BCUT2D eigenvalue weighted by Gasteiger charge is -2.29. The van der Waals surface area contributed by atoms with Crippen molar-refractivity contribution >= 4 is 55.6 Å². The molecule has 0 aliphatic carbocycles. The lowest BCUT2D eigenvalue weighted by Crippen LogP contribution is -2.33. The van der Waals surface area contributed by atoms with Crippen LogP contribution in [-0.4, -0.2) is 9.55 Å². The van der Waals surface area contributed by atoms with Gasteiger partial charge in [-0.3, -0.25) is 4.57 Å². The topological polar surface area (TPSA) is 34.9 Å². The number of imidazole rings is 1. The van der Waals surface area contributed by atoms with E-state index in [4.69, 9.17) is 4.98 Å². The van der Waals surface area contributed by atoms with Crippen LogP contribution in [0.25, 0.3) is 82.8 Å². The summed E-state index contributed by atoms with van der Waals surface area (Å²) in [5.74, 6) is 0.966. The maximum Gasteiger partial charge on any atom is 0.175 e. The fourth-order valence-corrected chi connectivity index (χ4v) is 12.2. The van der Waals surface area contributed by atoms with Gasteiger partial charge in [0.2, 0.25) is 0 Å². The third-order valence-electron chi connectivity index (χ3n) is 11.7. The van der Waals surface area contributed by atoms with E-state index < -0.39 is 7.14 Å². The fourth-order valence-electron chi connectivity index (χ4n) is 9.17. The van der Waals surface area contributed by atoms with Crippen molar-refractivity contribution in [3.8, 4) is 50.2 Å². The first-order valence-electron chi connectivity index (χ1n) is 19.6. The summed E-state index contributed by atoms with van der Waals surface area (Å²) in [5, 5.41) is 7.37. The van der Waals surface area contributed by atoms with Crippen LogP contribution >= 0.6 is 7.14 Å². The minimum Gasteiger partial charge on any atom is -0.308 e. The van der Waals surface area contributed by atoms with E-state index in [0.29, 0.717) is 0 Å². The molecule has 0 spiro atoms. The quantitative estimate of drug-likeness (QED) is 0.125. The molecule has 0 amide bonds. The summed E-state index contributed by atoms with van der Waals surface area (Å²) >= 11 is 0. The van der Waals surface area contributed by atoms with Crippen LogP contribution < -0.4 is 15.9 Å². The standard InChI is InChI=1S/C53H37N2OP/c1-2-50-54-46-26-15-27-49-53(46)55(50)47-34-39(29-31-48(47)57(49,56)41-22-10-5-11-23-41)38-28-30-44-45(33-38)52(40-21-14-20-37(32-40)35-16-6-3-7-17-35)43-25-13-12-24-42(43)51(44)36-18-8-4-9-19-36/h3-34H,2H2,1H3. The van der Waals surface area contributed by atoms with E-state index in [1.165, 1.54) is 54.9 Å². The highest BCUT2D eigenvalue weighted by atomic mass is 31.2. The summed E-state index contributed by atoms with van der Waals surface area (Å²) in [7, 11) is -3.22. The van der Waals surface area contributed by atoms with E-state index in [0.717, 1.165) is 56.0 Å². The SMILES string of the molecule is CCc1nc2cccc3c2n1-c1cc(-c2ccc4c(-c5ccccc5)c5ccccc5c(-c5cccc(-c6ccccc6)c5)c4c2)ccc1P3(=O)c1ccccc1. The Balaban J connectivity index is 1.19. The zero-order valence-electron chi connectivity index (χ0n) is 31.4. The van der Waals surface area contributed by atoms with Crippen LogP contribution in [-0.2, 0) is 11.0 Å². The number of para-hydroxylation sites is 1. The van der Waals surface area contributed by atoms with E-state index in [2.05, 4.69) is 157 Å². The van der Waals surface area contributed by atoms with Crippen molar-refractivity contribution < 1.29 is 4.57 Å². The van der Waals surface area contributed by atoms with Crippen molar-refractivity contribution in [3.63, 3.8) is 0 Å². The second kappa shape index (κ2) is 13.2. The summed E-state index contributed by atoms with van der Waals surface area (Å²) in [6.45, 7) is 2.14. The van der Waals surface area contributed by atoms with Crippen LogP contribution in [0.1, 0.15) is 12.7 Å². The van der Waals surface area contributed by atoms with Crippen LogP contribution in [0.4, 0.5) is 0 Å². The monoisotopic (exact) mass is 748 g/mol. The smallest absolute Gasteiger partial charge is 0.175 e. The van der Waals surface area contributed by atoms with Gasteiger partial charge in [-0.1, -0.05) is 165 Å². The summed E-state index contributed by atoms with van der Waals surface area (Å²) < 4.78 is 18.0. The molecule has 0 saturated carbocycles. The molecule has 57 heavy (non-hydrogen) atoms. The van der Waals surface area contributed by atoms with Gasteiger partial charge < -0.3 is 4.57 Å². The number of nitrogens with zero attached hydrogens (tertiary/aromatic N) is 2. The molecule has 1 aliphatic heterocycles. The number of hydrogen-bond acceptors (Lipinski definition) is 2. The Bertz CT molecular complexity index is 3240. The molecule has 0 saturated heterocycles. The fraction of sp³-hybridized carbons (Fsp3) is 0.0377. The Labute approximate surface area is 331 Å². The van der Waals surface area contributed by atoms with Crippen molar-refractivity contribution in [1.29, 1.82) is 0 Å². The van der Waals surface area contributed by atoms with Gasteiger partial charge in [-0.05, 0) is 102 Å². The average molecular weight is 749 g/mol. The first kappa shape index (κ1) is 33.5. The van der Waals surface area contributed by atoms with Crippen molar-refractivity contribution in [3.05, 3.63) is 200 Å². The largest absolute Gasteiger partial charge is 0.308 e. The van der Waals surface area contributed by atoms with Gasteiger partial charge in [0, 0.05) is 22.3 Å². The lowest BCUT2D eigenvalue weighted by molar-refractivity contribution is 0.592. The molecular weight excluding hydrogens is 712 g/mol. The third-order valence-corrected chi connectivity index (χ3v) is 14.9. The van der Waals surface area contributed by atoms with E-state index in [9.17, 15) is 0 Å². The van der Waals surface area contributed by atoms with Gasteiger partial charge in [0.25, 0.3) is 0 Å². The van der Waals surface area contributed by atoms with Gasteiger partial charge in [0.15, 0.2) is 7.14 Å². The molecule has 9 aromatic carbocycles. The number of hydrogen-bond donors (Lipinski definition) is 0. The van der Waals surface area contributed by atoms with Crippen LogP contribution in [0.15, 0.2) is 194 Å². The van der Waals surface area contributed by atoms with Crippen molar-refractivity contribution in [2.24, 2.45) is 0 Å². The minimum absolute atomic E-state index is 0.754. The second-order valence-electron chi connectivity index (χ2n) is 14.9. The van der Waals surface area contributed by atoms with Crippen LogP contribution in [0.2, 0.25) is 0 Å². The second-order valence-corrected chi connectivity index (χ2v) is 17.6. The van der Waals surface area contributed by atoms with Gasteiger partial charge in [-0.15, -0.1) is 0 Å². The molecule has 270 valence electrons. The molecule has 0 N–H and O–H groups in total. The van der Waals surface area contributed by atoms with Crippen LogP contribution in [0, 0.1) is 0 Å². The highest BCUT2D eigenvalue weighted by Gasteiger charge is 2.39. The van der Waals surface area contributed by atoms with Gasteiger partial charge in [-0.25, -0.2) is 4.98 Å². The van der Waals surface area contributed by atoms with Crippen molar-refractivity contribution in [2.45, 2.75) is 13.3 Å². The van der Waals surface area contributed by atoms with Gasteiger partial charge in [0.05, 0.1) is 16.7 Å². The lowest BCUT2D eigenvalue weighted by atomic mass is 9.84. The minimum atomic E-state index is -3.22. The van der Waals surface area contributed by atoms with Gasteiger partial charge in [-0.2, -0.15) is 0 Å². The highest BCUT2D eigenvalue weighted by Crippen LogP contribution is 2.50. The number of benzene rings is 9. The molecule has 11 rings (SSSR count). The van der Waals surface area contributed by atoms with E-state index >= 15 is 4.57 Å². The van der Waals surface area contributed by atoms with Gasteiger partial charge in [0.1, 0.15) is 5.82 Å². The number of aryl methyl sites for hydroxylation is 1. The molecule has 2 heterocycles. The predicted molar refractivity (Wildman–Crippen MR) is 240 cm³/mol. The molecule has 0 bridgehead atoms. The Hall–Kier alpha value is -6.80. The molecule has 10 aromatic rings. The number of aromatic nitrogens is 2. The molecule has 1 unspecified atom stereocenters. The molecule has 1 atom stereocenters. The summed E-state index contributed by atoms with van der Waals surface area (Å²) in [6.07, 6.45) is 0.754.